The van der Waals surface area contributed by atoms with Crippen LogP contribution < -0.4 is 0 Å². The Kier molecular flexibility index (Phi) is 4.63. The zero-order valence-electron chi connectivity index (χ0n) is 14.3. The highest BCUT2D eigenvalue weighted by atomic mass is 16.5. The first-order valence-electron chi connectivity index (χ1n) is 8.59. The van der Waals surface area contributed by atoms with E-state index in [0.29, 0.717) is 5.89 Å². The van der Waals surface area contributed by atoms with Crippen molar-refractivity contribution in [1.29, 1.82) is 0 Å². The Bertz CT molecular complexity index is 812. The van der Waals surface area contributed by atoms with Gasteiger partial charge in [-0.25, -0.2) is 4.98 Å². The fourth-order valence-corrected chi connectivity index (χ4v) is 3.13. The summed E-state index contributed by atoms with van der Waals surface area (Å²) in [7, 11) is 0. The number of benzene rings is 1. The summed E-state index contributed by atoms with van der Waals surface area (Å²) < 4.78 is 13.5. The molecule has 1 saturated heterocycles. The average Bonchev–Trinajstić information content (AvgIpc) is 3.25. The normalized spacial score (nSPS) is 18.5. The fraction of sp³-hybridized carbons (Fsp3) is 0.368. The first-order valence-corrected chi connectivity index (χ1v) is 8.59. The predicted molar refractivity (Wildman–Crippen MR) is 93.9 cm³/mol. The molecule has 0 amide bonds. The summed E-state index contributed by atoms with van der Waals surface area (Å²) >= 11 is 0. The van der Waals surface area contributed by atoms with Crippen LogP contribution in [0.15, 0.2) is 53.4 Å². The topological polar surface area (TPSA) is 56.3 Å². The number of aromatic nitrogens is 3. The van der Waals surface area contributed by atoms with Crippen molar-refractivity contribution in [2.75, 3.05) is 19.7 Å². The highest BCUT2D eigenvalue weighted by Crippen LogP contribution is 2.19. The Balaban J connectivity index is 1.37. The van der Waals surface area contributed by atoms with Gasteiger partial charge in [0.2, 0.25) is 5.89 Å². The maximum absolute atomic E-state index is 5.89. The van der Waals surface area contributed by atoms with Gasteiger partial charge in [-0.2, -0.15) is 5.10 Å². The van der Waals surface area contributed by atoms with E-state index in [0.717, 1.165) is 44.0 Å². The minimum Gasteiger partial charge on any atom is -0.444 e. The highest BCUT2D eigenvalue weighted by molar-refractivity contribution is 5.52. The zero-order chi connectivity index (χ0) is 17.1. The number of rotatable bonds is 5. The third-order valence-corrected chi connectivity index (χ3v) is 4.33. The lowest BCUT2D eigenvalue weighted by Gasteiger charge is -2.32. The van der Waals surface area contributed by atoms with E-state index >= 15 is 0 Å². The molecule has 25 heavy (non-hydrogen) atoms. The van der Waals surface area contributed by atoms with Crippen LogP contribution in [-0.4, -0.2) is 45.5 Å². The maximum atomic E-state index is 5.89. The second kappa shape index (κ2) is 7.21. The number of hydrogen-bond donors (Lipinski definition) is 0. The lowest BCUT2D eigenvalue weighted by molar-refractivity contribution is -0.0405. The van der Waals surface area contributed by atoms with Crippen LogP contribution in [0.2, 0.25) is 0 Å². The SMILES string of the molecule is Cc1cnn(C[C@@H]2CN(Cc3coc(-c4ccccc4)n3)CCO2)c1. The first-order chi connectivity index (χ1) is 12.3. The molecule has 0 aliphatic carbocycles. The molecule has 6 nitrogen and oxygen atoms in total. The molecule has 2 aromatic heterocycles. The molecule has 0 N–H and O–H groups in total. The van der Waals surface area contributed by atoms with Crippen LogP contribution in [0.3, 0.4) is 0 Å². The summed E-state index contributed by atoms with van der Waals surface area (Å²) in [5.41, 5.74) is 3.13. The Morgan fingerprint density at radius 2 is 2.12 bits per heavy atom. The van der Waals surface area contributed by atoms with E-state index in [-0.39, 0.29) is 6.10 Å². The molecule has 1 fully saturated rings. The van der Waals surface area contributed by atoms with Crippen molar-refractivity contribution < 1.29 is 9.15 Å². The van der Waals surface area contributed by atoms with Gasteiger partial charge >= 0.3 is 0 Å². The smallest absolute Gasteiger partial charge is 0.226 e. The molecule has 6 heteroatoms. The van der Waals surface area contributed by atoms with E-state index in [1.54, 1.807) is 6.26 Å². The minimum absolute atomic E-state index is 0.147. The van der Waals surface area contributed by atoms with Crippen molar-refractivity contribution in [1.82, 2.24) is 19.7 Å². The quantitative estimate of drug-likeness (QED) is 0.716. The summed E-state index contributed by atoms with van der Waals surface area (Å²) in [4.78, 5) is 6.98. The van der Waals surface area contributed by atoms with Crippen LogP contribution in [0.25, 0.3) is 11.5 Å². The number of ether oxygens (including phenoxy) is 1. The molecule has 4 rings (SSSR count). The predicted octanol–water partition coefficient (Wildman–Crippen LogP) is 2.75. The Morgan fingerprint density at radius 3 is 2.92 bits per heavy atom. The van der Waals surface area contributed by atoms with Gasteiger partial charge in [0.05, 0.1) is 31.1 Å². The molecular formula is C19H22N4O2. The number of nitrogens with zero attached hydrogens (tertiary/aromatic N) is 4. The van der Waals surface area contributed by atoms with E-state index in [1.807, 2.05) is 54.3 Å². The first kappa shape index (κ1) is 16.1. The summed E-state index contributed by atoms with van der Waals surface area (Å²) in [5, 5.41) is 4.35. The van der Waals surface area contributed by atoms with Gasteiger partial charge in [0.25, 0.3) is 0 Å². The molecule has 0 bridgehead atoms. The molecule has 130 valence electrons. The van der Waals surface area contributed by atoms with Crippen molar-refractivity contribution in [3.63, 3.8) is 0 Å². The molecule has 1 aliphatic heterocycles. The van der Waals surface area contributed by atoms with Gasteiger partial charge in [0, 0.05) is 31.4 Å². The highest BCUT2D eigenvalue weighted by Gasteiger charge is 2.22. The van der Waals surface area contributed by atoms with Gasteiger partial charge in [-0.3, -0.25) is 9.58 Å². The number of oxazole rings is 1. The second-order valence-corrected chi connectivity index (χ2v) is 6.48. The van der Waals surface area contributed by atoms with Gasteiger partial charge in [-0.1, -0.05) is 18.2 Å². The molecule has 3 aromatic rings. The summed E-state index contributed by atoms with van der Waals surface area (Å²) in [6.07, 6.45) is 5.82. The lowest BCUT2D eigenvalue weighted by atomic mass is 10.2. The number of morpholine rings is 1. The number of aryl methyl sites for hydroxylation is 1. The van der Waals surface area contributed by atoms with E-state index in [4.69, 9.17) is 9.15 Å². The van der Waals surface area contributed by atoms with Crippen LogP contribution in [0.5, 0.6) is 0 Å². The van der Waals surface area contributed by atoms with Crippen LogP contribution in [0, 0.1) is 6.92 Å². The van der Waals surface area contributed by atoms with Gasteiger partial charge in [0.15, 0.2) is 0 Å². The van der Waals surface area contributed by atoms with Crippen molar-refractivity contribution >= 4 is 0 Å². The molecular weight excluding hydrogens is 316 g/mol. The van der Waals surface area contributed by atoms with Crippen LogP contribution >= 0.6 is 0 Å². The lowest BCUT2D eigenvalue weighted by Crippen LogP contribution is -2.43. The molecule has 1 aliphatic rings. The monoisotopic (exact) mass is 338 g/mol. The molecule has 0 radical (unpaired) electrons. The molecule has 1 aromatic carbocycles. The summed E-state index contributed by atoms with van der Waals surface area (Å²) in [5.74, 6) is 0.674. The van der Waals surface area contributed by atoms with E-state index in [1.165, 1.54) is 5.56 Å². The van der Waals surface area contributed by atoms with Crippen LogP contribution in [0.1, 0.15) is 11.3 Å². The van der Waals surface area contributed by atoms with Crippen molar-refractivity contribution in [2.24, 2.45) is 0 Å². The average molecular weight is 338 g/mol. The van der Waals surface area contributed by atoms with Gasteiger partial charge in [0.1, 0.15) is 6.26 Å². The standard InChI is InChI=1S/C19H22N4O2/c1-15-9-20-23(10-15)13-18-12-22(7-8-24-18)11-17-14-25-19(21-17)16-5-3-2-4-6-16/h2-6,9-10,14,18H,7-8,11-13H2,1H3/t18-/m0/s1. The molecule has 3 heterocycles. The van der Waals surface area contributed by atoms with Crippen molar-refractivity contribution in [3.8, 4) is 11.5 Å². The van der Waals surface area contributed by atoms with Crippen molar-refractivity contribution in [3.05, 3.63) is 60.2 Å². The number of hydrogen-bond acceptors (Lipinski definition) is 5. The van der Waals surface area contributed by atoms with E-state index in [9.17, 15) is 0 Å². The minimum atomic E-state index is 0.147. The van der Waals surface area contributed by atoms with Crippen molar-refractivity contribution in [2.45, 2.75) is 26.1 Å². The largest absolute Gasteiger partial charge is 0.444 e. The molecule has 0 unspecified atom stereocenters. The Morgan fingerprint density at radius 1 is 1.24 bits per heavy atom. The van der Waals surface area contributed by atoms with E-state index < -0.39 is 0 Å². The van der Waals surface area contributed by atoms with E-state index in [2.05, 4.69) is 15.0 Å². The van der Waals surface area contributed by atoms with Gasteiger partial charge in [-0.15, -0.1) is 0 Å². The van der Waals surface area contributed by atoms with Crippen LogP contribution in [0.4, 0.5) is 0 Å². The summed E-state index contributed by atoms with van der Waals surface area (Å²) in [6.45, 7) is 6.10. The third-order valence-electron chi connectivity index (χ3n) is 4.33. The second-order valence-electron chi connectivity index (χ2n) is 6.48. The Hall–Kier alpha value is -2.44. The van der Waals surface area contributed by atoms with Gasteiger partial charge < -0.3 is 9.15 Å². The molecule has 1 atom stereocenters. The maximum Gasteiger partial charge on any atom is 0.226 e. The third kappa shape index (κ3) is 3.97. The summed E-state index contributed by atoms with van der Waals surface area (Å²) in [6, 6.07) is 9.98. The van der Waals surface area contributed by atoms with Crippen LogP contribution in [-0.2, 0) is 17.8 Å². The van der Waals surface area contributed by atoms with Gasteiger partial charge in [-0.05, 0) is 24.6 Å². The zero-order valence-corrected chi connectivity index (χ0v) is 14.3. The molecule has 0 spiro atoms. The molecule has 0 saturated carbocycles. The Labute approximate surface area is 147 Å². The fourth-order valence-electron chi connectivity index (χ4n) is 3.13.